The maximum Gasteiger partial charge on any atom is 0.573 e. The number of ether oxygens (including phenoxy) is 3. The number of rotatable bonds is 10. The zero-order valence-corrected chi connectivity index (χ0v) is 25.5. The van der Waals surface area contributed by atoms with Crippen LogP contribution in [-0.2, 0) is 29.0 Å². The predicted octanol–water partition coefficient (Wildman–Crippen LogP) is 4.64. The normalized spacial score (nSPS) is 25.1. The summed E-state index contributed by atoms with van der Waals surface area (Å²) >= 11 is 0. The highest BCUT2D eigenvalue weighted by molar-refractivity contribution is 5.83. The van der Waals surface area contributed by atoms with E-state index in [1.807, 2.05) is 18.2 Å². The van der Waals surface area contributed by atoms with E-state index in [9.17, 15) is 22.4 Å². The standard InChI is InChI=1S/C33H35F4N5O5/c34-32(30(43)44)26-16-23(17-27(26)32)45-14-13-41-9-11-42(12-10-41)29-25-7-3-20-15-22(6-8-24(20)28(25)39-31(38)40-29)46-18-19-1-4-21(5-2-19)47-33(35,36)37/h1-2,4-6,8,15,23,26-27H,3,7,9-14,16-18H2,(H,43,44)(H2,38,39,40)/t23?,26-,27+,32?. The molecule has 0 bridgehead atoms. The van der Waals surface area contributed by atoms with Crippen molar-refractivity contribution < 1.29 is 41.7 Å². The summed E-state index contributed by atoms with van der Waals surface area (Å²) in [5, 5.41) is 9.10. The third-order valence-electron chi connectivity index (χ3n) is 9.79. The van der Waals surface area contributed by atoms with E-state index in [4.69, 9.17) is 20.3 Å². The molecule has 1 aliphatic heterocycles. The smallest absolute Gasteiger partial charge is 0.489 e. The zero-order chi connectivity index (χ0) is 32.9. The molecular formula is C33H35F4N5O5. The van der Waals surface area contributed by atoms with Gasteiger partial charge in [-0.15, -0.1) is 13.2 Å². The number of fused-ring (bicyclic) bond motifs is 4. The highest BCUT2D eigenvalue weighted by Crippen LogP contribution is 2.63. The van der Waals surface area contributed by atoms with Crippen molar-refractivity contribution in [2.75, 3.05) is 50.0 Å². The fourth-order valence-corrected chi connectivity index (χ4v) is 7.33. The number of hydrogen-bond acceptors (Lipinski definition) is 9. The Morgan fingerprint density at radius 3 is 2.38 bits per heavy atom. The lowest BCUT2D eigenvalue weighted by molar-refractivity contribution is -0.274. The molecule has 3 N–H and O–H groups in total. The molecule has 10 nitrogen and oxygen atoms in total. The van der Waals surface area contributed by atoms with Gasteiger partial charge in [0, 0.05) is 55.7 Å². The Kier molecular flexibility index (Phi) is 8.11. The molecule has 0 radical (unpaired) electrons. The van der Waals surface area contributed by atoms with Gasteiger partial charge in [0.25, 0.3) is 0 Å². The molecule has 47 heavy (non-hydrogen) atoms. The number of benzene rings is 2. The molecule has 14 heteroatoms. The van der Waals surface area contributed by atoms with Crippen LogP contribution in [0.3, 0.4) is 0 Å². The van der Waals surface area contributed by atoms with Gasteiger partial charge in [0.2, 0.25) is 11.6 Å². The Labute approximate surface area is 268 Å². The summed E-state index contributed by atoms with van der Waals surface area (Å²) in [5.74, 6) is -0.745. The molecule has 250 valence electrons. The first-order chi connectivity index (χ1) is 22.5. The number of nitrogens with zero attached hydrogens (tertiary/aromatic N) is 4. The minimum atomic E-state index is -4.74. The van der Waals surface area contributed by atoms with Crippen LogP contribution in [-0.4, -0.2) is 83.4 Å². The van der Waals surface area contributed by atoms with Crippen molar-refractivity contribution >= 4 is 17.7 Å². The zero-order valence-electron chi connectivity index (χ0n) is 25.5. The largest absolute Gasteiger partial charge is 0.573 e. The van der Waals surface area contributed by atoms with Crippen LogP contribution in [0.25, 0.3) is 11.3 Å². The van der Waals surface area contributed by atoms with Gasteiger partial charge >= 0.3 is 12.3 Å². The van der Waals surface area contributed by atoms with E-state index in [2.05, 4.69) is 24.5 Å². The molecule has 2 aromatic carbocycles. The van der Waals surface area contributed by atoms with E-state index in [1.165, 1.54) is 24.3 Å². The van der Waals surface area contributed by atoms with Gasteiger partial charge in [-0.2, -0.15) is 4.98 Å². The minimum Gasteiger partial charge on any atom is -0.489 e. The number of carboxylic acid groups (broad SMARTS) is 1. The number of aromatic nitrogens is 2. The molecule has 3 fully saturated rings. The van der Waals surface area contributed by atoms with Gasteiger partial charge in [-0.1, -0.05) is 12.1 Å². The number of nitrogen functional groups attached to an aromatic ring is 1. The summed E-state index contributed by atoms with van der Waals surface area (Å²) in [5.41, 5.74) is 8.77. The van der Waals surface area contributed by atoms with Gasteiger partial charge in [-0.25, -0.2) is 14.2 Å². The summed E-state index contributed by atoms with van der Waals surface area (Å²) in [6.45, 7) is 4.63. The Morgan fingerprint density at radius 2 is 1.70 bits per heavy atom. The molecular weight excluding hydrogens is 622 g/mol. The second-order valence-corrected chi connectivity index (χ2v) is 12.6. The van der Waals surface area contributed by atoms with Crippen molar-refractivity contribution in [2.24, 2.45) is 11.8 Å². The van der Waals surface area contributed by atoms with E-state index >= 15 is 0 Å². The summed E-state index contributed by atoms with van der Waals surface area (Å²) in [7, 11) is 0. The van der Waals surface area contributed by atoms with Gasteiger partial charge in [-0.3, -0.25) is 4.90 Å². The first-order valence-electron chi connectivity index (χ1n) is 15.8. The number of aliphatic carboxylic acids is 1. The summed E-state index contributed by atoms with van der Waals surface area (Å²) in [4.78, 5) is 25.0. The Morgan fingerprint density at radius 1 is 1.00 bits per heavy atom. The van der Waals surface area contributed by atoms with Gasteiger partial charge < -0.3 is 30.0 Å². The van der Waals surface area contributed by atoms with Crippen molar-refractivity contribution in [1.29, 1.82) is 0 Å². The number of piperazine rings is 1. The quantitative estimate of drug-likeness (QED) is 0.298. The average Bonchev–Trinajstić information content (AvgIpc) is 3.35. The highest BCUT2D eigenvalue weighted by atomic mass is 19.4. The van der Waals surface area contributed by atoms with Crippen LogP contribution in [0, 0.1) is 11.8 Å². The van der Waals surface area contributed by atoms with Gasteiger partial charge in [0.05, 0.1) is 18.4 Å². The molecule has 1 saturated heterocycles. The highest BCUT2D eigenvalue weighted by Gasteiger charge is 2.75. The summed E-state index contributed by atoms with van der Waals surface area (Å²) in [6.07, 6.45) is -2.36. The second-order valence-electron chi connectivity index (χ2n) is 12.6. The Balaban J connectivity index is 0.927. The number of anilines is 2. The van der Waals surface area contributed by atoms with Crippen molar-refractivity contribution in [3.05, 3.63) is 59.2 Å². The van der Waals surface area contributed by atoms with Gasteiger partial charge in [0.15, 0.2) is 0 Å². The van der Waals surface area contributed by atoms with Crippen molar-refractivity contribution in [3.63, 3.8) is 0 Å². The van der Waals surface area contributed by atoms with Crippen LogP contribution >= 0.6 is 0 Å². The van der Waals surface area contributed by atoms with Crippen LogP contribution in [0.5, 0.6) is 11.5 Å². The van der Waals surface area contributed by atoms with Crippen LogP contribution in [0.1, 0.15) is 29.5 Å². The average molecular weight is 658 g/mol. The Bertz CT molecular complexity index is 1640. The number of aryl methyl sites for hydroxylation is 1. The minimum absolute atomic E-state index is 0.0712. The fourth-order valence-electron chi connectivity index (χ4n) is 7.33. The van der Waals surface area contributed by atoms with E-state index in [-0.39, 0.29) is 24.4 Å². The van der Waals surface area contributed by atoms with Gasteiger partial charge in [0.1, 0.15) is 23.9 Å². The topological polar surface area (TPSA) is 123 Å². The first-order valence-corrected chi connectivity index (χ1v) is 15.8. The summed E-state index contributed by atoms with van der Waals surface area (Å²) < 4.78 is 67.4. The number of alkyl halides is 4. The lowest BCUT2D eigenvalue weighted by Gasteiger charge is -2.37. The van der Waals surface area contributed by atoms with E-state index in [1.54, 1.807) is 0 Å². The van der Waals surface area contributed by atoms with E-state index < -0.39 is 29.8 Å². The number of carboxylic acids is 1. The first kappa shape index (κ1) is 31.4. The lowest BCUT2D eigenvalue weighted by atomic mass is 9.88. The predicted molar refractivity (Wildman–Crippen MR) is 163 cm³/mol. The van der Waals surface area contributed by atoms with Crippen molar-refractivity contribution in [3.8, 4) is 22.8 Å². The number of nitrogens with two attached hydrogens (primary N) is 1. The maximum atomic E-state index is 14.3. The van der Waals surface area contributed by atoms with E-state index in [0.717, 1.165) is 73.8 Å². The van der Waals surface area contributed by atoms with Crippen LogP contribution in [0.15, 0.2) is 42.5 Å². The molecule has 4 aliphatic rings. The lowest BCUT2D eigenvalue weighted by Crippen LogP contribution is -2.48. The number of halogens is 4. The monoisotopic (exact) mass is 657 g/mol. The molecule has 1 aromatic heterocycles. The number of hydrogen-bond donors (Lipinski definition) is 2. The molecule has 2 heterocycles. The molecule has 3 aromatic rings. The third kappa shape index (κ3) is 6.40. The molecule has 2 saturated carbocycles. The van der Waals surface area contributed by atoms with Crippen LogP contribution in [0.4, 0.5) is 29.3 Å². The Hall–Kier alpha value is -4.17. The van der Waals surface area contributed by atoms with Crippen molar-refractivity contribution in [1.82, 2.24) is 14.9 Å². The molecule has 0 amide bonds. The van der Waals surface area contributed by atoms with Gasteiger partial charge in [-0.05, 0) is 67.1 Å². The molecule has 2 unspecified atom stereocenters. The van der Waals surface area contributed by atoms with Crippen LogP contribution < -0.4 is 20.1 Å². The molecule has 0 spiro atoms. The second kappa shape index (κ2) is 12.1. The summed E-state index contributed by atoms with van der Waals surface area (Å²) in [6, 6.07) is 11.4. The van der Waals surface area contributed by atoms with E-state index in [0.29, 0.717) is 30.8 Å². The number of carbonyl (C=O) groups is 1. The SMILES string of the molecule is Nc1nc2c(c(N3CCN(CCOC4C[C@@H]5[C@H](C4)C5(F)C(=O)O)CC3)n1)CCc1cc(OCc3ccc(OC(F)(F)F)cc3)ccc1-2. The maximum absolute atomic E-state index is 14.3. The third-order valence-corrected chi connectivity index (χ3v) is 9.79. The molecule has 7 rings (SSSR count). The van der Waals surface area contributed by atoms with Crippen molar-refractivity contribution in [2.45, 2.75) is 50.4 Å². The van der Waals surface area contributed by atoms with Crippen LogP contribution in [0.2, 0.25) is 0 Å². The molecule has 4 atom stereocenters. The fraction of sp³-hybridized carbons (Fsp3) is 0.485. The molecule has 3 aliphatic carbocycles.